The summed E-state index contributed by atoms with van der Waals surface area (Å²) in [5.74, 6) is 2.32. The largest absolute Gasteiger partial charge is 0.451 e. The summed E-state index contributed by atoms with van der Waals surface area (Å²) in [7, 11) is 0. The van der Waals surface area contributed by atoms with Crippen molar-refractivity contribution in [3.05, 3.63) is 36.8 Å². The zero-order chi connectivity index (χ0) is 15.0. The molecule has 1 aliphatic heterocycles. The van der Waals surface area contributed by atoms with Crippen LogP contribution in [0.2, 0.25) is 0 Å². The summed E-state index contributed by atoms with van der Waals surface area (Å²) in [4.78, 5) is 4.44. The molecule has 0 radical (unpaired) electrons. The molecule has 0 spiro atoms. The lowest BCUT2D eigenvalue weighted by Gasteiger charge is -2.24. The summed E-state index contributed by atoms with van der Waals surface area (Å²) >= 11 is 0. The predicted molar refractivity (Wildman–Crippen MR) is 81.1 cm³/mol. The Hall–Kier alpha value is -2.34. The molecular formula is C16H18N4O2. The highest BCUT2D eigenvalue weighted by Gasteiger charge is 2.31. The van der Waals surface area contributed by atoms with Gasteiger partial charge in [-0.3, -0.25) is 5.10 Å². The van der Waals surface area contributed by atoms with Crippen molar-refractivity contribution in [1.82, 2.24) is 19.7 Å². The van der Waals surface area contributed by atoms with Gasteiger partial charge in [0.1, 0.15) is 5.69 Å². The van der Waals surface area contributed by atoms with Crippen molar-refractivity contribution in [2.75, 3.05) is 6.61 Å². The van der Waals surface area contributed by atoms with Crippen LogP contribution in [0.25, 0.3) is 23.0 Å². The summed E-state index contributed by atoms with van der Waals surface area (Å²) in [5.41, 5.74) is 0.740. The van der Waals surface area contributed by atoms with Crippen molar-refractivity contribution in [2.24, 2.45) is 0 Å². The molecule has 0 aliphatic carbocycles. The average molecular weight is 298 g/mol. The van der Waals surface area contributed by atoms with Gasteiger partial charge in [0, 0.05) is 25.2 Å². The van der Waals surface area contributed by atoms with Gasteiger partial charge in [0.25, 0.3) is 0 Å². The van der Waals surface area contributed by atoms with E-state index < -0.39 is 0 Å². The van der Waals surface area contributed by atoms with Crippen molar-refractivity contribution in [3.8, 4) is 23.0 Å². The van der Waals surface area contributed by atoms with Crippen molar-refractivity contribution in [2.45, 2.75) is 31.9 Å². The molecule has 1 aliphatic rings. The van der Waals surface area contributed by atoms with E-state index in [0.717, 1.165) is 49.0 Å². The second-order valence-electron chi connectivity index (χ2n) is 5.91. The molecule has 114 valence electrons. The van der Waals surface area contributed by atoms with Crippen LogP contribution in [0.3, 0.4) is 0 Å². The summed E-state index contributed by atoms with van der Waals surface area (Å²) in [6, 6.07) is 5.74. The van der Waals surface area contributed by atoms with Gasteiger partial charge in [-0.2, -0.15) is 5.10 Å². The number of imidazole rings is 1. The highest BCUT2D eigenvalue weighted by atomic mass is 16.5. The number of aromatic amines is 1. The van der Waals surface area contributed by atoms with E-state index in [9.17, 15) is 0 Å². The Morgan fingerprint density at radius 3 is 2.95 bits per heavy atom. The molecule has 1 saturated heterocycles. The van der Waals surface area contributed by atoms with E-state index in [0.29, 0.717) is 0 Å². The Labute approximate surface area is 128 Å². The fourth-order valence-electron chi connectivity index (χ4n) is 2.98. The first-order valence-corrected chi connectivity index (χ1v) is 7.49. The summed E-state index contributed by atoms with van der Waals surface area (Å²) < 4.78 is 13.9. The number of furan rings is 1. The Morgan fingerprint density at radius 2 is 2.18 bits per heavy atom. The second kappa shape index (κ2) is 5.14. The Balaban J connectivity index is 1.62. The maximum atomic E-state index is 5.92. The van der Waals surface area contributed by atoms with Gasteiger partial charge in [-0.05, 0) is 38.0 Å². The molecule has 1 N–H and O–H groups in total. The number of hydrogen-bond donors (Lipinski definition) is 1. The van der Waals surface area contributed by atoms with Crippen molar-refractivity contribution in [1.29, 1.82) is 0 Å². The third-order valence-electron chi connectivity index (χ3n) is 4.11. The van der Waals surface area contributed by atoms with E-state index in [1.807, 2.05) is 24.4 Å². The van der Waals surface area contributed by atoms with Crippen molar-refractivity contribution >= 4 is 0 Å². The average Bonchev–Trinajstić information content (AvgIpc) is 3.26. The first-order valence-electron chi connectivity index (χ1n) is 7.49. The highest BCUT2D eigenvalue weighted by Crippen LogP contribution is 2.30. The third kappa shape index (κ3) is 2.35. The molecule has 0 amide bonds. The molecule has 0 bridgehead atoms. The fourth-order valence-corrected chi connectivity index (χ4v) is 2.98. The maximum Gasteiger partial charge on any atom is 0.176 e. The molecule has 4 heterocycles. The minimum Gasteiger partial charge on any atom is -0.451 e. The minimum absolute atomic E-state index is 0.117. The van der Waals surface area contributed by atoms with Gasteiger partial charge in [-0.1, -0.05) is 0 Å². The van der Waals surface area contributed by atoms with Crippen LogP contribution >= 0.6 is 0 Å². The van der Waals surface area contributed by atoms with E-state index in [1.165, 1.54) is 0 Å². The Kier molecular flexibility index (Phi) is 3.11. The van der Waals surface area contributed by atoms with Crippen molar-refractivity contribution < 1.29 is 9.15 Å². The standard InChI is InChI=1S/C16H18N4O2/c1-16(6-2-10-21-16)11-20-9-8-17-15(20)14-4-3-13(22-14)12-5-7-18-19-12/h3-5,7-9H,2,6,10-11H2,1H3,(H,18,19)/t16-/m0/s1. The number of nitrogens with one attached hydrogen (secondary N) is 1. The second-order valence-corrected chi connectivity index (χ2v) is 5.91. The number of nitrogens with zero attached hydrogens (tertiary/aromatic N) is 3. The maximum absolute atomic E-state index is 5.92. The third-order valence-corrected chi connectivity index (χ3v) is 4.11. The fraction of sp³-hybridized carbons (Fsp3) is 0.375. The van der Waals surface area contributed by atoms with E-state index >= 15 is 0 Å². The van der Waals surface area contributed by atoms with Crippen LogP contribution in [0.4, 0.5) is 0 Å². The minimum atomic E-state index is -0.117. The highest BCUT2D eigenvalue weighted by molar-refractivity contribution is 5.58. The molecule has 1 atom stereocenters. The smallest absolute Gasteiger partial charge is 0.176 e. The Morgan fingerprint density at radius 1 is 1.27 bits per heavy atom. The quantitative estimate of drug-likeness (QED) is 0.803. The van der Waals surface area contributed by atoms with Crippen LogP contribution in [-0.2, 0) is 11.3 Å². The zero-order valence-electron chi connectivity index (χ0n) is 12.5. The molecule has 6 nitrogen and oxygen atoms in total. The molecule has 0 aromatic carbocycles. The number of ether oxygens (including phenoxy) is 1. The zero-order valence-corrected chi connectivity index (χ0v) is 12.5. The number of hydrogen-bond acceptors (Lipinski definition) is 4. The van der Waals surface area contributed by atoms with Crippen LogP contribution in [0, 0.1) is 0 Å². The molecular weight excluding hydrogens is 280 g/mol. The van der Waals surface area contributed by atoms with E-state index in [2.05, 4.69) is 26.7 Å². The topological polar surface area (TPSA) is 68.9 Å². The molecule has 22 heavy (non-hydrogen) atoms. The lowest BCUT2D eigenvalue weighted by atomic mass is 10.0. The first-order chi connectivity index (χ1) is 10.7. The summed E-state index contributed by atoms with van der Waals surface area (Å²) in [6.07, 6.45) is 7.66. The van der Waals surface area contributed by atoms with Gasteiger partial charge in [-0.15, -0.1) is 0 Å². The van der Waals surface area contributed by atoms with Gasteiger partial charge in [0.2, 0.25) is 0 Å². The van der Waals surface area contributed by atoms with Gasteiger partial charge in [-0.25, -0.2) is 4.98 Å². The predicted octanol–water partition coefficient (Wildman–Crippen LogP) is 3.10. The summed E-state index contributed by atoms with van der Waals surface area (Å²) in [5, 5.41) is 6.84. The van der Waals surface area contributed by atoms with E-state index in [-0.39, 0.29) is 5.60 Å². The van der Waals surface area contributed by atoms with E-state index in [4.69, 9.17) is 9.15 Å². The van der Waals surface area contributed by atoms with Gasteiger partial charge < -0.3 is 13.7 Å². The van der Waals surface area contributed by atoms with E-state index in [1.54, 1.807) is 12.4 Å². The molecule has 0 unspecified atom stereocenters. The number of aromatic nitrogens is 4. The van der Waals surface area contributed by atoms with Gasteiger partial charge in [0.05, 0.1) is 12.1 Å². The van der Waals surface area contributed by atoms with Gasteiger partial charge >= 0.3 is 0 Å². The molecule has 1 fully saturated rings. The number of H-pyrrole nitrogens is 1. The first kappa shape index (κ1) is 13.3. The normalized spacial score (nSPS) is 21.5. The van der Waals surface area contributed by atoms with Crippen LogP contribution in [0.1, 0.15) is 19.8 Å². The molecule has 6 heteroatoms. The number of rotatable bonds is 4. The van der Waals surface area contributed by atoms with Crippen LogP contribution in [0.15, 0.2) is 41.2 Å². The molecule has 3 aromatic heterocycles. The van der Waals surface area contributed by atoms with Crippen molar-refractivity contribution in [3.63, 3.8) is 0 Å². The molecule has 0 saturated carbocycles. The lowest BCUT2D eigenvalue weighted by molar-refractivity contribution is 0.00651. The lowest BCUT2D eigenvalue weighted by Crippen LogP contribution is -2.29. The molecule has 3 aromatic rings. The van der Waals surface area contributed by atoms with Crippen LogP contribution in [0.5, 0.6) is 0 Å². The Bertz CT molecular complexity index is 751. The van der Waals surface area contributed by atoms with Gasteiger partial charge in [0.15, 0.2) is 17.3 Å². The monoisotopic (exact) mass is 298 g/mol. The molecule has 4 rings (SSSR count). The van der Waals surface area contributed by atoms with Crippen LogP contribution < -0.4 is 0 Å². The SMILES string of the molecule is C[C@@]1(Cn2ccnc2-c2ccc(-c3ccn[nH]3)o2)CCCO1. The summed E-state index contributed by atoms with van der Waals surface area (Å²) in [6.45, 7) is 3.77. The van der Waals surface area contributed by atoms with Crippen LogP contribution in [-0.4, -0.2) is 32.0 Å².